The van der Waals surface area contributed by atoms with Crippen LogP contribution in [-0.2, 0) is 0 Å². The van der Waals surface area contributed by atoms with E-state index >= 15 is 0 Å². The lowest BCUT2D eigenvalue weighted by molar-refractivity contribution is 0.117. The van der Waals surface area contributed by atoms with Crippen molar-refractivity contribution in [3.8, 4) is 5.75 Å². The Morgan fingerprint density at radius 1 is 1.14 bits per heavy atom. The van der Waals surface area contributed by atoms with Crippen molar-refractivity contribution in [2.75, 3.05) is 18.5 Å². The summed E-state index contributed by atoms with van der Waals surface area (Å²) in [5, 5.41) is 14.3. The van der Waals surface area contributed by atoms with Gasteiger partial charge < -0.3 is 15.2 Å². The summed E-state index contributed by atoms with van der Waals surface area (Å²) in [5.41, 5.74) is 0.823. The molecule has 0 aliphatic heterocycles. The van der Waals surface area contributed by atoms with Gasteiger partial charge in [0.15, 0.2) is 0 Å². The van der Waals surface area contributed by atoms with Gasteiger partial charge in [-0.25, -0.2) is 0 Å². The minimum absolute atomic E-state index is 0.172. The zero-order chi connectivity index (χ0) is 15.2. The number of aliphatic hydroxyl groups is 1. The number of benzene rings is 2. The lowest BCUT2D eigenvalue weighted by atomic mass is 10.3. The van der Waals surface area contributed by atoms with Gasteiger partial charge in [0.05, 0.1) is 0 Å². The van der Waals surface area contributed by atoms with E-state index in [-0.39, 0.29) is 6.61 Å². The van der Waals surface area contributed by atoms with Crippen molar-refractivity contribution in [2.24, 2.45) is 0 Å². The molecule has 6 heteroatoms. The average molecular weight is 391 g/mol. The van der Waals surface area contributed by atoms with Gasteiger partial charge >= 0.3 is 0 Å². The van der Waals surface area contributed by atoms with Crippen LogP contribution >= 0.6 is 39.1 Å². The lowest BCUT2D eigenvalue weighted by Gasteiger charge is -2.15. The van der Waals surface area contributed by atoms with Crippen LogP contribution in [0.2, 0.25) is 10.0 Å². The molecule has 0 saturated heterocycles. The van der Waals surface area contributed by atoms with Crippen molar-refractivity contribution in [3.63, 3.8) is 0 Å². The summed E-state index contributed by atoms with van der Waals surface area (Å²) in [6.07, 6.45) is -0.658. The van der Waals surface area contributed by atoms with Gasteiger partial charge in [-0.05, 0) is 52.3 Å². The molecule has 0 aromatic heterocycles. The van der Waals surface area contributed by atoms with E-state index in [0.29, 0.717) is 22.3 Å². The number of aliphatic hydroxyl groups excluding tert-OH is 1. The third-order valence-corrected chi connectivity index (χ3v) is 3.86. The summed E-state index contributed by atoms with van der Waals surface area (Å²) in [6, 6.07) is 12.5. The first-order chi connectivity index (χ1) is 10.0. The van der Waals surface area contributed by atoms with Gasteiger partial charge in [0.1, 0.15) is 18.5 Å². The molecule has 0 amide bonds. The summed E-state index contributed by atoms with van der Waals surface area (Å²) in [5.74, 6) is 0.630. The van der Waals surface area contributed by atoms with E-state index in [1.165, 1.54) is 0 Å². The highest BCUT2D eigenvalue weighted by Crippen LogP contribution is 2.25. The Morgan fingerprint density at radius 3 is 2.67 bits per heavy atom. The second-order valence-corrected chi connectivity index (χ2v) is 6.15. The number of halogens is 3. The first-order valence-corrected chi connectivity index (χ1v) is 7.85. The number of hydrogen-bond donors (Lipinski definition) is 2. The minimum atomic E-state index is -0.658. The average Bonchev–Trinajstić information content (AvgIpc) is 2.46. The lowest BCUT2D eigenvalue weighted by Crippen LogP contribution is -2.26. The molecule has 1 atom stereocenters. The van der Waals surface area contributed by atoms with Crippen molar-refractivity contribution in [3.05, 3.63) is 57.0 Å². The van der Waals surface area contributed by atoms with Crippen LogP contribution in [0.5, 0.6) is 5.75 Å². The third kappa shape index (κ3) is 5.40. The van der Waals surface area contributed by atoms with Gasteiger partial charge in [-0.2, -0.15) is 0 Å². The second-order valence-electron chi connectivity index (χ2n) is 4.43. The van der Waals surface area contributed by atoms with Crippen LogP contribution in [0.15, 0.2) is 46.9 Å². The summed E-state index contributed by atoms with van der Waals surface area (Å²) < 4.78 is 6.36. The van der Waals surface area contributed by atoms with Gasteiger partial charge in [-0.15, -0.1) is 0 Å². The third-order valence-electron chi connectivity index (χ3n) is 2.70. The quantitative estimate of drug-likeness (QED) is 0.756. The summed E-state index contributed by atoms with van der Waals surface area (Å²) in [4.78, 5) is 0. The maximum Gasteiger partial charge on any atom is 0.120 e. The molecule has 2 aromatic rings. The van der Waals surface area contributed by atoms with E-state index < -0.39 is 6.10 Å². The van der Waals surface area contributed by atoms with Crippen molar-refractivity contribution >= 4 is 44.8 Å². The van der Waals surface area contributed by atoms with Crippen molar-refractivity contribution in [2.45, 2.75) is 6.10 Å². The van der Waals surface area contributed by atoms with Crippen molar-refractivity contribution in [1.82, 2.24) is 0 Å². The fourth-order valence-electron chi connectivity index (χ4n) is 1.67. The van der Waals surface area contributed by atoms with E-state index in [9.17, 15) is 5.11 Å². The van der Waals surface area contributed by atoms with E-state index in [1.54, 1.807) is 36.4 Å². The van der Waals surface area contributed by atoms with E-state index in [0.717, 1.165) is 10.2 Å². The SMILES string of the molecule is OC(CNc1cc(Cl)ccc1Br)COc1cccc(Cl)c1. The predicted octanol–water partition coefficient (Wildman–Crippen LogP) is 4.61. The number of rotatable bonds is 6. The molecule has 0 saturated carbocycles. The molecule has 112 valence electrons. The highest BCUT2D eigenvalue weighted by atomic mass is 79.9. The molecule has 0 radical (unpaired) electrons. The van der Waals surface area contributed by atoms with Crippen LogP contribution in [-0.4, -0.2) is 24.4 Å². The highest BCUT2D eigenvalue weighted by molar-refractivity contribution is 9.10. The van der Waals surface area contributed by atoms with Crippen LogP contribution in [0.4, 0.5) is 5.69 Å². The Morgan fingerprint density at radius 2 is 1.90 bits per heavy atom. The molecule has 1 unspecified atom stereocenters. The zero-order valence-corrected chi connectivity index (χ0v) is 14.1. The number of anilines is 1. The molecule has 3 nitrogen and oxygen atoms in total. The van der Waals surface area contributed by atoms with E-state index in [4.69, 9.17) is 27.9 Å². The molecular formula is C15H14BrCl2NO2. The maximum absolute atomic E-state index is 9.93. The molecule has 21 heavy (non-hydrogen) atoms. The topological polar surface area (TPSA) is 41.5 Å². The largest absolute Gasteiger partial charge is 0.491 e. The molecule has 0 heterocycles. The van der Waals surface area contributed by atoms with Gasteiger partial charge in [-0.1, -0.05) is 29.3 Å². The van der Waals surface area contributed by atoms with Crippen molar-refractivity contribution < 1.29 is 9.84 Å². The summed E-state index contributed by atoms with van der Waals surface area (Å²) in [7, 11) is 0. The normalized spacial score (nSPS) is 12.0. The Balaban J connectivity index is 1.82. The van der Waals surface area contributed by atoms with Crippen LogP contribution in [0, 0.1) is 0 Å². The van der Waals surface area contributed by atoms with Gasteiger partial charge in [0.25, 0.3) is 0 Å². The molecule has 0 aliphatic rings. The Kier molecular flexibility index (Phi) is 6.18. The highest BCUT2D eigenvalue weighted by Gasteiger charge is 2.07. The van der Waals surface area contributed by atoms with E-state index in [1.807, 2.05) is 6.07 Å². The van der Waals surface area contributed by atoms with Crippen molar-refractivity contribution in [1.29, 1.82) is 0 Å². The number of nitrogens with one attached hydrogen (secondary N) is 1. The molecule has 0 bridgehead atoms. The van der Waals surface area contributed by atoms with Crippen LogP contribution in [0.1, 0.15) is 0 Å². The maximum atomic E-state index is 9.93. The monoisotopic (exact) mass is 389 g/mol. The van der Waals surface area contributed by atoms with Gasteiger partial charge in [0, 0.05) is 26.8 Å². The standard InChI is InChI=1S/C15H14BrCl2NO2/c16-14-5-4-11(18)7-15(14)19-8-12(20)9-21-13-3-1-2-10(17)6-13/h1-7,12,19-20H,8-9H2. The Bertz CT molecular complexity index is 610. The molecule has 2 rings (SSSR count). The molecule has 0 aliphatic carbocycles. The number of ether oxygens (including phenoxy) is 1. The first kappa shape index (κ1) is 16.4. The zero-order valence-electron chi connectivity index (χ0n) is 11.0. The minimum Gasteiger partial charge on any atom is -0.491 e. The van der Waals surface area contributed by atoms with Crippen LogP contribution in [0.25, 0.3) is 0 Å². The predicted molar refractivity (Wildman–Crippen MR) is 90.6 cm³/mol. The second kappa shape index (κ2) is 7.90. The first-order valence-electron chi connectivity index (χ1n) is 6.30. The van der Waals surface area contributed by atoms with Crippen LogP contribution in [0.3, 0.4) is 0 Å². The molecule has 0 spiro atoms. The summed E-state index contributed by atoms with van der Waals surface area (Å²) in [6.45, 7) is 0.519. The number of hydrogen-bond acceptors (Lipinski definition) is 3. The molecular weight excluding hydrogens is 377 g/mol. The fraction of sp³-hybridized carbons (Fsp3) is 0.200. The molecule has 2 aromatic carbocycles. The van der Waals surface area contributed by atoms with Gasteiger partial charge in [-0.3, -0.25) is 0 Å². The van der Waals surface area contributed by atoms with E-state index in [2.05, 4.69) is 21.2 Å². The Hall–Kier alpha value is -0.940. The summed E-state index contributed by atoms with van der Waals surface area (Å²) >= 11 is 15.2. The molecule has 0 fully saturated rings. The Labute approximate surface area is 142 Å². The smallest absolute Gasteiger partial charge is 0.120 e. The van der Waals surface area contributed by atoms with Gasteiger partial charge in [0.2, 0.25) is 0 Å². The van der Waals surface area contributed by atoms with Crippen LogP contribution < -0.4 is 10.1 Å². The fourth-order valence-corrected chi connectivity index (χ4v) is 2.41. The molecule has 2 N–H and O–H groups in total.